The Hall–Kier alpha value is -2.89. The van der Waals surface area contributed by atoms with Gasteiger partial charge in [0.1, 0.15) is 6.04 Å². The molecular formula is C29H44N2O4. The van der Waals surface area contributed by atoms with E-state index in [1.54, 1.807) is 24.1 Å². The third-order valence-corrected chi connectivity index (χ3v) is 6.74. The van der Waals surface area contributed by atoms with Crippen molar-refractivity contribution in [3.05, 3.63) is 60.2 Å². The van der Waals surface area contributed by atoms with Gasteiger partial charge in [-0.3, -0.25) is 9.59 Å². The smallest absolute Gasteiger partial charge is 0.331 e. The van der Waals surface area contributed by atoms with Gasteiger partial charge in [-0.2, -0.15) is 0 Å². The Labute approximate surface area is 211 Å². The Morgan fingerprint density at radius 2 is 1.63 bits per heavy atom. The molecule has 2 amide bonds. The Balaban J connectivity index is 3.35. The average Bonchev–Trinajstić information content (AvgIpc) is 2.77. The Morgan fingerprint density at radius 1 is 1.09 bits per heavy atom. The van der Waals surface area contributed by atoms with Crippen LogP contribution < -0.4 is 5.32 Å². The van der Waals surface area contributed by atoms with Crippen molar-refractivity contribution in [2.24, 2.45) is 17.3 Å². The number of carbonyl (C=O) groups excluding carboxylic acids is 2. The van der Waals surface area contributed by atoms with Gasteiger partial charge in [0, 0.05) is 18.0 Å². The largest absolute Gasteiger partial charge is 0.478 e. The molecule has 0 radical (unpaired) electrons. The molecule has 1 aromatic carbocycles. The fraction of sp³-hybridized carbons (Fsp3) is 0.552. The maximum Gasteiger partial charge on any atom is 0.331 e. The molecule has 0 aromatic heterocycles. The number of aliphatic carboxylic acids is 1. The normalized spacial score (nSPS) is 15.2. The van der Waals surface area contributed by atoms with Crippen LogP contribution in [0.4, 0.5) is 0 Å². The number of amides is 2. The van der Waals surface area contributed by atoms with Crippen molar-refractivity contribution < 1.29 is 19.5 Å². The summed E-state index contributed by atoms with van der Waals surface area (Å²) >= 11 is 0. The van der Waals surface area contributed by atoms with Gasteiger partial charge in [-0.05, 0) is 30.2 Å². The van der Waals surface area contributed by atoms with E-state index in [0.29, 0.717) is 6.42 Å². The summed E-state index contributed by atoms with van der Waals surface area (Å²) < 4.78 is 0. The van der Waals surface area contributed by atoms with Crippen LogP contribution in [0, 0.1) is 17.3 Å². The molecule has 0 heterocycles. The molecule has 0 spiro atoms. The number of nitrogens with zero attached hydrogens (tertiary/aromatic N) is 1. The summed E-state index contributed by atoms with van der Waals surface area (Å²) in [6.07, 6.45) is 3.80. The quantitative estimate of drug-likeness (QED) is 0.334. The molecule has 194 valence electrons. The molecule has 6 nitrogen and oxygen atoms in total. The molecule has 1 aromatic rings. The lowest BCUT2D eigenvalue weighted by Crippen LogP contribution is -2.58. The van der Waals surface area contributed by atoms with Gasteiger partial charge in [0.05, 0.1) is 12.0 Å². The Bertz CT molecular complexity index is 926. The highest BCUT2D eigenvalue weighted by atomic mass is 16.4. The summed E-state index contributed by atoms with van der Waals surface area (Å²) in [6, 6.07) is 8.65. The summed E-state index contributed by atoms with van der Waals surface area (Å²) in [4.78, 5) is 40.4. The fourth-order valence-electron chi connectivity index (χ4n) is 4.29. The molecule has 1 rings (SSSR count). The lowest BCUT2D eigenvalue weighted by Gasteiger charge is -2.39. The van der Waals surface area contributed by atoms with Crippen molar-refractivity contribution in [3.8, 4) is 0 Å². The predicted molar refractivity (Wildman–Crippen MR) is 142 cm³/mol. The van der Waals surface area contributed by atoms with Crippen molar-refractivity contribution in [3.63, 3.8) is 0 Å². The number of carboxylic acid groups (broad SMARTS) is 1. The lowest BCUT2D eigenvalue weighted by atomic mass is 9.71. The van der Waals surface area contributed by atoms with E-state index in [9.17, 15) is 19.5 Å². The van der Waals surface area contributed by atoms with Gasteiger partial charge >= 0.3 is 5.97 Å². The van der Waals surface area contributed by atoms with Gasteiger partial charge in [0.2, 0.25) is 11.8 Å². The third kappa shape index (κ3) is 7.81. The second-order valence-electron chi connectivity index (χ2n) is 11.3. The van der Waals surface area contributed by atoms with Crippen LogP contribution in [0.25, 0.3) is 0 Å². The van der Waals surface area contributed by atoms with Crippen LogP contribution in [-0.4, -0.2) is 46.9 Å². The van der Waals surface area contributed by atoms with Crippen LogP contribution in [0.3, 0.4) is 0 Å². The summed E-state index contributed by atoms with van der Waals surface area (Å²) in [5.74, 6) is -1.93. The van der Waals surface area contributed by atoms with Gasteiger partial charge in [-0.15, -0.1) is 6.58 Å². The molecule has 0 aliphatic heterocycles. The zero-order chi connectivity index (χ0) is 27.1. The van der Waals surface area contributed by atoms with Crippen molar-refractivity contribution in [1.82, 2.24) is 10.2 Å². The van der Waals surface area contributed by atoms with Crippen LogP contribution in [-0.2, 0) is 19.8 Å². The topological polar surface area (TPSA) is 86.7 Å². The lowest BCUT2D eigenvalue weighted by molar-refractivity contribution is -0.141. The molecule has 0 fully saturated rings. The van der Waals surface area contributed by atoms with E-state index >= 15 is 0 Å². The second-order valence-corrected chi connectivity index (χ2v) is 11.3. The van der Waals surface area contributed by atoms with E-state index in [1.807, 2.05) is 78.8 Å². The van der Waals surface area contributed by atoms with Crippen LogP contribution >= 0.6 is 0 Å². The summed E-state index contributed by atoms with van der Waals surface area (Å²) in [5.41, 5.74) is 0.157. The first kappa shape index (κ1) is 30.1. The maximum absolute atomic E-state index is 13.7. The highest BCUT2D eigenvalue weighted by Gasteiger charge is 2.41. The van der Waals surface area contributed by atoms with Crippen molar-refractivity contribution >= 4 is 17.8 Å². The Morgan fingerprint density at radius 3 is 2.06 bits per heavy atom. The SMILES string of the molecule is C=CC[C@@H](C(=O)N[C@H](C(=O)N(C)[C@H](/C=C(\C)C(=O)O)C(C)C)C(C)(C)C)C(C)(C)c1ccccc1. The Kier molecular flexibility index (Phi) is 10.5. The fourth-order valence-corrected chi connectivity index (χ4v) is 4.29. The monoisotopic (exact) mass is 484 g/mol. The summed E-state index contributed by atoms with van der Waals surface area (Å²) in [6.45, 7) is 19.1. The molecular weight excluding hydrogens is 440 g/mol. The number of hydrogen-bond acceptors (Lipinski definition) is 3. The standard InChI is InChI=1S/C29H44N2O4/c1-11-15-22(29(8,9)21-16-13-12-14-17-21)25(32)30-24(28(5,6)7)26(33)31(10)23(19(2)3)18-20(4)27(34)35/h11-14,16-19,22-24H,1,15H2,2-10H3,(H,30,32)(H,34,35)/b20-18+/t22-,23+,24+/m0/s1. The minimum atomic E-state index is -1.02. The molecule has 0 aliphatic carbocycles. The molecule has 0 saturated carbocycles. The first-order chi connectivity index (χ1) is 16.0. The highest BCUT2D eigenvalue weighted by Crippen LogP contribution is 2.35. The zero-order valence-electron chi connectivity index (χ0n) is 22.9. The number of hydrogen-bond donors (Lipinski definition) is 2. The number of benzene rings is 1. The van der Waals surface area contributed by atoms with Gasteiger partial charge in [0.25, 0.3) is 0 Å². The molecule has 6 heteroatoms. The molecule has 0 unspecified atom stereocenters. The van der Waals surface area contributed by atoms with E-state index in [2.05, 4.69) is 11.9 Å². The number of carboxylic acids is 1. The average molecular weight is 485 g/mol. The minimum Gasteiger partial charge on any atom is -0.478 e. The van der Waals surface area contributed by atoms with Crippen LogP contribution in [0.1, 0.15) is 67.4 Å². The van der Waals surface area contributed by atoms with Crippen molar-refractivity contribution in [2.45, 2.75) is 79.3 Å². The third-order valence-electron chi connectivity index (χ3n) is 6.74. The number of allylic oxidation sites excluding steroid dienone is 1. The van der Waals surface area contributed by atoms with E-state index in [4.69, 9.17) is 0 Å². The molecule has 0 saturated heterocycles. The molecule has 2 N–H and O–H groups in total. The predicted octanol–water partition coefficient (Wildman–Crippen LogP) is 5.20. The molecule has 0 aliphatic rings. The van der Waals surface area contributed by atoms with Gasteiger partial charge in [-0.25, -0.2) is 4.79 Å². The van der Waals surface area contributed by atoms with Gasteiger partial charge in [0.15, 0.2) is 0 Å². The highest BCUT2D eigenvalue weighted by molar-refractivity contribution is 5.90. The number of nitrogens with one attached hydrogen (secondary N) is 1. The summed E-state index contributed by atoms with van der Waals surface area (Å²) in [5, 5.41) is 12.4. The first-order valence-corrected chi connectivity index (χ1v) is 12.2. The van der Waals surface area contributed by atoms with Crippen LogP contribution in [0.15, 0.2) is 54.6 Å². The molecule has 3 atom stereocenters. The van der Waals surface area contributed by atoms with Gasteiger partial charge < -0.3 is 15.3 Å². The maximum atomic E-state index is 13.7. The number of rotatable bonds is 11. The number of carbonyl (C=O) groups is 3. The first-order valence-electron chi connectivity index (χ1n) is 12.2. The zero-order valence-corrected chi connectivity index (χ0v) is 22.9. The minimum absolute atomic E-state index is 0.0138. The molecule has 35 heavy (non-hydrogen) atoms. The van der Waals surface area contributed by atoms with Crippen molar-refractivity contribution in [1.29, 1.82) is 0 Å². The molecule has 0 bridgehead atoms. The van der Waals surface area contributed by atoms with Gasteiger partial charge in [-0.1, -0.05) is 91.0 Å². The van der Waals surface area contributed by atoms with E-state index in [1.165, 1.54) is 6.92 Å². The van der Waals surface area contributed by atoms with Crippen molar-refractivity contribution in [2.75, 3.05) is 7.05 Å². The van der Waals surface area contributed by atoms with Crippen LogP contribution in [0.5, 0.6) is 0 Å². The van der Waals surface area contributed by atoms with E-state index in [0.717, 1.165) is 5.56 Å². The van der Waals surface area contributed by atoms with E-state index in [-0.39, 0.29) is 23.3 Å². The second kappa shape index (κ2) is 12.2. The number of likely N-dealkylation sites (N-methyl/N-ethyl adjacent to an activating group) is 1. The summed E-state index contributed by atoms with van der Waals surface area (Å²) in [7, 11) is 1.67. The van der Waals surface area contributed by atoms with Crippen LogP contribution in [0.2, 0.25) is 0 Å². The van der Waals surface area contributed by atoms with E-state index < -0.39 is 34.8 Å².